The minimum atomic E-state index is -0.437. The number of hydrogen-bond acceptors (Lipinski definition) is 4. The summed E-state index contributed by atoms with van der Waals surface area (Å²) in [6.45, 7) is 2.08. The van der Waals surface area contributed by atoms with Crippen LogP contribution in [0.15, 0.2) is 60.7 Å². The number of aromatic nitrogens is 1. The van der Waals surface area contributed by atoms with E-state index in [1.165, 1.54) is 11.3 Å². The molecule has 24 heavy (non-hydrogen) atoms. The fraction of sp³-hybridized carbons (Fsp3) is 0.100. The van der Waals surface area contributed by atoms with Crippen molar-refractivity contribution >= 4 is 17.3 Å². The zero-order chi connectivity index (χ0) is 16.8. The van der Waals surface area contributed by atoms with Crippen LogP contribution in [0.5, 0.6) is 0 Å². The van der Waals surface area contributed by atoms with Crippen molar-refractivity contribution in [2.24, 2.45) is 0 Å². The number of hydrogen-bond donors (Lipinski definition) is 0. The maximum Gasteiger partial charge on any atom is 0.359 e. The number of benzene rings is 2. The van der Waals surface area contributed by atoms with E-state index >= 15 is 0 Å². The van der Waals surface area contributed by atoms with Gasteiger partial charge in [0.2, 0.25) is 0 Å². The molecule has 0 bridgehead atoms. The highest BCUT2D eigenvalue weighted by Crippen LogP contribution is 2.28. The molecule has 0 spiro atoms. The molecule has 4 heteroatoms. The molecule has 3 rings (SSSR count). The second-order valence-corrected chi connectivity index (χ2v) is 5.90. The molecule has 118 valence electrons. The molecule has 0 saturated heterocycles. The van der Waals surface area contributed by atoms with E-state index in [0.717, 1.165) is 16.1 Å². The van der Waals surface area contributed by atoms with Gasteiger partial charge in [0.05, 0.1) is 6.61 Å². The first-order valence-corrected chi connectivity index (χ1v) is 8.40. The van der Waals surface area contributed by atoms with Crippen molar-refractivity contribution < 1.29 is 9.53 Å². The third-order valence-corrected chi connectivity index (χ3v) is 4.23. The van der Waals surface area contributed by atoms with E-state index in [0.29, 0.717) is 11.5 Å². The summed E-state index contributed by atoms with van der Waals surface area (Å²) in [6.07, 6.45) is 0. The normalized spacial score (nSPS) is 9.88. The van der Waals surface area contributed by atoms with Gasteiger partial charge in [0.1, 0.15) is 9.88 Å². The molecule has 1 aromatic heterocycles. The summed E-state index contributed by atoms with van der Waals surface area (Å²) in [4.78, 5) is 17.2. The summed E-state index contributed by atoms with van der Waals surface area (Å²) in [5.41, 5.74) is 2.13. The highest BCUT2D eigenvalue weighted by atomic mass is 32.1. The molecular weight excluding hydrogens is 318 g/mol. The summed E-state index contributed by atoms with van der Waals surface area (Å²) in [5.74, 6) is 5.70. The standard InChI is InChI=1S/C20H15NO2S/c1-2-23-20(22)18-17(14-13-15-9-5-3-6-10-15)24-19(21-18)16-11-7-4-8-12-16/h3-12H,2H2,1H3. The molecule has 0 unspecified atom stereocenters. The van der Waals surface area contributed by atoms with E-state index in [-0.39, 0.29) is 5.69 Å². The smallest absolute Gasteiger partial charge is 0.359 e. The van der Waals surface area contributed by atoms with Crippen molar-refractivity contribution in [3.63, 3.8) is 0 Å². The van der Waals surface area contributed by atoms with Crippen LogP contribution in [0.25, 0.3) is 10.6 Å². The Morgan fingerprint density at radius 2 is 1.71 bits per heavy atom. The zero-order valence-corrected chi connectivity index (χ0v) is 14.0. The third-order valence-electron chi connectivity index (χ3n) is 3.21. The van der Waals surface area contributed by atoms with Crippen molar-refractivity contribution in [3.8, 4) is 22.4 Å². The number of thiazole rings is 1. The third kappa shape index (κ3) is 3.70. The molecular formula is C20H15NO2S. The quantitative estimate of drug-likeness (QED) is 0.527. The van der Waals surface area contributed by atoms with Gasteiger partial charge >= 0.3 is 5.97 Å². The van der Waals surface area contributed by atoms with Crippen LogP contribution in [0.3, 0.4) is 0 Å². The molecule has 1 heterocycles. The van der Waals surface area contributed by atoms with Gasteiger partial charge in [-0.2, -0.15) is 0 Å². The van der Waals surface area contributed by atoms with Crippen molar-refractivity contribution in [1.82, 2.24) is 4.98 Å². The molecule has 3 aromatic rings. The van der Waals surface area contributed by atoms with Gasteiger partial charge in [-0.3, -0.25) is 0 Å². The molecule has 0 atom stereocenters. The van der Waals surface area contributed by atoms with Crippen LogP contribution in [0, 0.1) is 11.8 Å². The van der Waals surface area contributed by atoms with E-state index in [1.54, 1.807) is 6.92 Å². The van der Waals surface area contributed by atoms with Gasteiger partial charge in [0.25, 0.3) is 0 Å². The van der Waals surface area contributed by atoms with Gasteiger partial charge in [-0.05, 0) is 25.0 Å². The van der Waals surface area contributed by atoms with E-state index in [9.17, 15) is 4.79 Å². The van der Waals surface area contributed by atoms with Crippen LogP contribution in [0.2, 0.25) is 0 Å². The van der Waals surface area contributed by atoms with E-state index < -0.39 is 5.97 Å². The largest absolute Gasteiger partial charge is 0.461 e. The summed E-state index contributed by atoms with van der Waals surface area (Å²) in [6, 6.07) is 19.4. The SMILES string of the molecule is CCOC(=O)c1nc(-c2ccccc2)sc1C#Cc1ccccc1. The lowest BCUT2D eigenvalue weighted by molar-refractivity contribution is 0.0520. The zero-order valence-electron chi connectivity index (χ0n) is 13.2. The molecule has 0 aliphatic heterocycles. The summed E-state index contributed by atoms with van der Waals surface area (Å²) in [5, 5.41) is 0.760. The van der Waals surface area contributed by atoms with Gasteiger partial charge in [-0.25, -0.2) is 9.78 Å². The Kier molecular flexibility index (Phi) is 5.05. The van der Waals surface area contributed by atoms with E-state index in [2.05, 4.69) is 16.8 Å². The highest BCUT2D eigenvalue weighted by Gasteiger charge is 2.19. The van der Waals surface area contributed by atoms with Crippen molar-refractivity contribution in [2.75, 3.05) is 6.61 Å². The number of carbonyl (C=O) groups excluding carboxylic acids is 1. The molecule has 0 fully saturated rings. The first-order valence-electron chi connectivity index (χ1n) is 7.58. The van der Waals surface area contributed by atoms with Crippen LogP contribution in [0.4, 0.5) is 0 Å². The van der Waals surface area contributed by atoms with E-state index in [4.69, 9.17) is 4.74 Å². The maximum atomic E-state index is 12.2. The maximum absolute atomic E-state index is 12.2. The predicted octanol–water partition coefficient (Wildman–Crippen LogP) is 4.39. The summed E-state index contributed by atoms with van der Waals surface area (Å²) < 4.78 is 5.11. The highest BCUT2D eigenvalue weighted by molar-refractivity contribution is 7.15. The fourth-order valence-electron chi connectivity index (χ4n) is 2.10. The Hall–Kier alpha value is -2.90. The lowest BCUT2D eigenvalue weighted by Crippen LogP contribution is -2.06. The second-order valence-electron chi connectivity index (χ2n) is 4.90. The molecule has 0 saturated carbocycles. The Bertz CT molecular complexity index is 890. The Balaban J connectivity index is 2.02. The summed E-state index contributed by atoms with van der Waals surface area (Å²) >= 11 is 1.40. The Labute approximate surface area is 145 Å². The number of nitrogens with zero attached hydrogens (tertiary/aromatic N) is 1. The molecule has 2 aromatic carbocycles. The Morgan fingerprint density at radius 1 is 1.04 bits per heavy atom. The lowest BCUT2D eigenvalue weighted by Gasteiger charge is -1.98. The molecule has 0 N–H and O–H groups in total. The minimum Gasteiger partial charge on any atom is -0.461 e. The second kappa shape index (κ2) is 7.58. The monoisotopic (exact) mass is 333 g/mol. The number of ether oxygens (including phenoxy) is 1. The van der Waals surface area contributed by atoms with Crippen molar-refractivity contribution in [3.05, 3.63) is 76.8 Å². The fourth-order valence-corrected chi connectivity index (χ4v) is 3.01. The van der Waals surface area contributed by atoms with Gasteiger partial charge in [0, 0.05) is 11.1 Å². The van der Waals surface area contributed by atoms with Crippen LogP contribution in [-0.4, -0.2) is 17.6 Å². The van der Waals surface area contributed by atoms with Gasteiger partial charge in [0.15, 0.2) is 5.69 Å². The predicted molar refractivity (Wildman–Crippen MR) is 95.9 cm³/mol. The van der Waals surface area contributed by atoms with Gasteiger partial charge in [-0.15, -0.1) is 11.3 Å². The average molecular weight is 333 g/mol. The van der Waals surface area contributed by atoms with Crippen molar-refractivity contribution in [2.45, 2.75) is 6.92 Å². The molecule has 0 aliphatic carbocycles. The van der Waals surface area contributed by atoms with Crippen LogP contribution in [0.1, 0.15) is 27.9 Å². The lowest BCUT2D eigenvalue weighted by atomic mass is 10.2. The van der Waals surface area contributed by atoms with E-state index in [1.807, 2.05) is 60.7 Å². The molecule has 0 radical (unpaired) electrons. The van der Waals surface area contributed by atoms with Gasteiger partial charge < -0.3 is 4.74 Å². The topological polar surface area (TPSA) is 39.2 Å². The van der Waals surface area contributed by atoms with Crippen LogP contribution < -0.4 is 0 Å². The number of rotatable bonds is 3. The minimum absolute atomic E-state index is 0.282. The van der Waals surface area contributed by atoms with Crippen LogP contribution in [-0.2, 0) is 4.74 Å². The molecule has 3 nitrogen and oxygen atoms in total. The number of esters is 1. The van der Waals surface area contributed by atoms with Crippen LogP contribution >= 0.6 is 11.3 Å². The average Bonchev–Trinajstić information content (AvgIpc) is 3.06. The van der Waals surface area contributed by atoms with Gasteiger partial charge in [-0.1, -0.05) is 54.5 Å². The Morgan fingerprint density at radius 3 is 2.38 bits per heavy atom. The molecule has 0 aliphatic rings. The summed E-state index contributed by atoms with van der Waals surface area (Å²) in [7, 11) is 0. The van der Waals surface area contributed by atoms with Crippen molar-refractivity contribution in [1.29, 1.82) is 0 Å². The first-order chi connectivity index (χ1) is 11.8. The number of carbonyl (C=O) groups is 1. The molecule has 0 amide bonds. The first kappa shape index (κ1) is 16.0.